The third-order valence-electron chi connectivity index (χ3n) is 4.70. The molecular formula is C21H30N4O2S. The number of thiazole rings is 1. The van der Waals surface area contributed by atoms with Crippen LogP contribution in [0, 0.1) is 0 Å². The second kappa shape index (κ2) is 10.9. The van der Waals surface area contributed by atoms with Crippen molar-refractivity contribution in [2.75, 3.05) is 33.9 Å². The Bertz CT molecular complexity index is 735. The zero-order chi connectivity index (χ0) is 19.6. The van der Waals surface area contributed by atoms with Crippen LogP contribution in [-0.4, -0.2) is 44.8 Å². The molecular weight excluding hydrogens is 372 g/mol. The van der Waals surface area contributed by atoms with Crippen LogP contribution in [0.5, 0.6) is 11.5 Å². The maximum atomic E-state index is 5.72. The fraction of sp³-hybridized carbons (Fsp3) is 0.524. The Labute approximate surface area is 171 Å². The quantitative estimate of drug-likeness (QED) is 0.383. The lowest BCUT2D eigenvalue weighted by Gasteiger charge is -2.12. The van der Waals surface area contributed by atoms with Gasteiger partial charge < -0.3 is 20.1 Å². The summed E-state index contributed by atoms with van der Waals surface area (Å²) in [5.74, 6) is 2.46. The predicted octanol–water partition coefficient (Wildman–Crippen LogP) is 3.21. The molecule has 0 atom stereocenters. The molecule has 1 aromatic heterocycles. The number of aromatic nitrogens is 1. The van der Waals surface area contributed by atoms with Crippen molar-refractivity contribution in [1.82, 2.24) is 15.6 Å². The number of nitrogens with one attached hydrogen (secondary N) is 2. The fourth-order valence-electron chi connectivity index (χ4n) is 3.19. The molecule has 0 radical (unpaired) electrons. The smallest absolute Gasteiger partial charge is 0.191 e. The summed E-state index contributed by atoms with van der Waals surface area (Å²) in [6, 6.07) is 7.59. The first-order chi connectivity index (χ1) is 13.8. The Balaban J connectivity index is 1.29. The highest BCUT2D eigenvalue weighted by Gasteiger charge is 2.14. The Kier molecular flexibility index (Phi) is 7.96. The summed E-state index contributed by atoms with van der Waals surface area (Å²) < 4.78 is 10.9. The Morgan fingerprint density at radius 2 is 1.86 bits per heavy atom. The number of ether oxygens (including phenoxy) is 2. The van der Waals surface area contributed by atoms with Crippen molar-refractivity contribution in [3.8, 4) is 11.5 Å². The number of aliphatic imine (C=N–C) groups is 1. The van der Waals surface area contributed by atoms with E-state index in [2.05, 4.69) is 15.6 Å². The topological polar surface area (TPSA) is 67.8 Å². The van der Waals surface area contributed by atoms with Crippen LogP contribution in [0.1, 0.15) is 34.8 Å². The minimum absolute atomic E-state index is 0.567. The number of nitrogens with zero attached hydrogens (tertiary/aromatic N) is 2. The van der Waals surface area contributed by atoms with Crippen LogP contribution in [0.2, 0.25) is 0 Å². The molecule has 1 aliphatic rings. The van der Waals surface area contributed by atoms with E-state index >= 15 is 0 Å². The maximum Gasteiger partial charge on any atom is 0.191 e. The summed E-state index contributed by atoms with van der Waals surface area (Å²) in [5.41, 5.74) is 1.36. The Morgan fingerprint density at radius 1 is 1.11 bits per heavy atom. The zero-order valence-electron chi connectivity index (χ0n) is 16.8. The number of hydrogen-bond acceptors (Lipinski definition) is 5. The van der Waals surface area contributed by atoms with E-state index in [1.165, 1.54) is 41.3 Å². The molecule has 3 rings (SSSR count). The van der Waals surface area contributed by atoms with Gasteiger partial charge in [-0.25, -0.2) is 4.98 Å². The lowest BCUT2D eigenvalue weighted by atomic mass is 10.0. The van der Waals surface area contributed by atoms with Crippen molar-refractivity contribution in [2.45, 2.75) is 38.5 Å². The van der Waals surface area contributed by atoms with Gasteiger partial charge in [-0.05, 0) is 56.4 Å². The summed E-state index contributed by atoms with van der Waals surface area (Å²) in [4.78, 5) is 10.6. The SMILES string of the molecule is CN=C(NCCCc1nc2c(s1)CCCC2)NCCOc1ccc(OC)cc1. The third-order valence-corrected chi connectivity index (χ3v) is 5.91. The monoisotopic (exact) mass is 402 g/mol. The number of methoxy groups -OCH3 is 1. The predicted molar refractivity (Wildman–Crippen MR) is 115 cm³/mol. The number of benzene rings is 1. The van der Waals surface area contributed by atoms with Crippen LogP contribution in [0.15, 0.2) is 29.3 Å². The fourth-order valence-corrected chi connectivity index (χ4v) is 4.39. The summed E-state index contributed by atoms with van der Waals surface area (Å²) in [7, 11) is 3.44. The molecule has 1 aliphatic carbocycles. The highest BCUT2D eigenvalue weighted by molar-refractivity contribution is 7.11. The van der Waals surface area contributed by atoms with Crippen molar-refractivity contribution in [3.63, 3.8) is 0 Å². The van der Waals surface area contributed by atoms with Crippen LogP contribution in [0.3, 0.4) is 0 Å². The summed E-state index contributed by atoms with van der Waals surface area (Å²) in [5, 5.41) is 7.92. The minimum atomic E-state index is 0.567. The molecule has 0 fully saturated rings. The maximum absolute atomic E-state index is 5.72. The molecule has 0 spiro atoms. The summed E-state index contributed by atoms with van der Waals surface area (Å²) in [6.45, 7) is 2.13. The molecule has 0 bridgehead atoms. The van der Waals surface area contributed by atoms with Crippen LogP contribution < -0.4 is 20.1 Å². The molecule has 6 nitrogen and oxygen atoms in total. The average molecular weight is 403 g/mol. The van der Waals surface area contributed by atoms with Crippen molar-refractivity contribution >= 4 is 17.3 Å². The molecule has 2 N–H and O–H groups in total. The molecule has 7 heteroatoms. The molecule has 152 valence electrons. The summed E-state index contributed by atoms with van der Waals surface area (Å²) in [6.07, 6.45) is 7.08. The zero-order valence-corrected chi connectivity index (χ0v) is 17.6. The van der Waals surface area contributed by atoms with E-state index < -0.39 is 0 Å². The van der Waals surface area contributed by atoms with Crippen LogP contribution in [-0.2, 0) is 19.3 Å². The van der Waals surface area contributed by atoms with Gasteiger partial charge in [0.05, 0.1) is 24.4 Å². The molecule has 0 saturated carbocycles. The van der Waals surface area contributed by atoms with Gasteiger partial charge in [-0.1, -0.05) is 0 Å². The normalized spacial score (nSPS) is 13.7. The second-order valence-corrected chi connectivity index (χ2v) is 7.91. The first-order valence-corrected chi connectivity index (χ1v) is 10.8. The molecule has 0 aliphatic heterocycles. The molecule has 1 aromatic carbocycles. The lowest BCUT2D eigenvalue weighted by Crippen LogP contribution is -2.39. The van der Waals surface area contributed by atoms with Gasteiger partial charge in [0, 0.05) is 24.9 Å². The van der Waals surface area contributed by atoms with Gasteiger partial charge in [-0.3, -0.25) is 4.99 Å². The number of guanidine groups is 1. The van der Waals surface area contributed by atoms with E-state index in [4.69, 9.17) is 14.5 Å². The van der Waals surface area contributed by atoms with Gasteiger partial charge in [0.1, 0.15) is 18.1 Å². The van der Waals surface area contributed by atoms with Crippen LogP contribution in [0.25, 0.3) is 0 Å². The highest BCUT2D eigenvalue weighted by atomic mass is 32.1. The first kappa shape index (κ1) is 20.5. The van der Waals surface area contributed by atoms with Gasteiger partial charge >= 0.3 is 0 Å². The Morgan fingerprint density at radius 3 is 2.61 bits per heavy atom. The van der Waals surface area contributed by atoms with E-state index in [1.54, 1.807) is 14.2 Å². The van der Waals surface area contributed by atoms with Crippen molar-refractivity contribution in [1.29, 1.82) is 0 Å². The van der Waals surface area contributed by atoms with E-state index in [1.807, 2.05) is 35.6 Å². The van der Waals surface area contributed by atoms with E-state index in [-0.39, 0.29) is 0 Å². The first-order valence-electron chi connectivity index (χ1n) is 9.97. The van der Waals surface area contributed by atoms with Crippen molar-refractivity contribution < 1.29 is 9.47 Å². The molecule has 1 heterocycles. The van der Waals surface area contributed by atoms with Gasteiger partial charge in [0.2, 0.25) is 0 Å². The second-order valence-electron chi connectivity index (χ2n) is 6.74. The van der Waals surface area contributed by atoms with Gasteiger partial charge in [0.25, 0.3) is 0 Å². The van der Waals surface area contributed by atoms with Crippen LogP contribution in [0.4, 0.5) is 0 Å². The standard InChI is InChI=1S/C21H30N4O2S/c1-22-21(24-14-15-27-17-11-9-16(26-2)10-12-17)23-13-5-8-20-25-18-6-3-4-7-19(18)28-20/h9-12H,3-8,13-15H2,1-2H3,(H2,22,23,24). The van der Waals surface area contributed by atoms with E-state index in [9.17, 15) is 0 Å². The molecule has 28 heavy (non-hydrogen) atoms. The van der Waals surface area contributed by atoms with Gasteiger partial charge in [-0.2, -0.15) is 0 Å². The molecule has 0 amide bonds. The van der Waals surface area contributed by atoms with Gasteiger partial charge in [-0.15, -0.1) is 11.3 Å². The lowest BCUT2D eigenvalue weighted by molar-refractivity contribution is 0.321. The van der Waals surface area contributed by atoms with Crippen molar-refractivity contribution in [3.05, 3.63) is 39.8 Å². The number of aryl methyl sites for hydroxylation is 3. The van der Waals surface area contributed by atoms with Crippen LogP contribution >= 0.6 is 11.3 Å². The molecule has 0 unspecified atom stereocenters. The summed E-state index contributed by atoms with van der Waals surface area (Å²) >= 11 is 1.91. The molecule has 0 saturated heterocycles. The number of rotatable bonds is 9. The minimum Gasteiger partial charge on any atom is -0.497 e. The highest BCUT2D eigenvalue weighted by Crippen LogP contribution is 2.27. The Hall–Kier alpha value is -2.28. The van der Waals surface area contributed by atoms with Gasteiger partial charge in [0.15, 0.2) is 5.96 Å². The van der Waals surface area contributed by atoms with E-state index in [0.717, 1.165) is 36.8 Å². The van der Waals surface area contributed by atoms with Crippen molar-refractivity contribution in [2.24, 2.45) is 4.99 Å². The van der Waals surface area contributed by atoms with E-state index in [0.29, 0.717) is 13.2 Å². The average Bonchev–Trinajstić information content (AvgIpc) is 3.16. The molecule has 2 aromatic rings. The third kappa shape index (κ3) is 6.12. The number of fused-ring (bicyclic) bond motifs is 1. The number of hydrogen-bond donors (Lipinski definition) is 2. The largest absolute Gasteiger partial charge is 0.497 e.